The van der Waals surface area contributed by atoms with E-state index in [1.807, 2.05) is 36.4 Å². The lowest BCUT2D eigenvalue weighted by Gasteiger charge is -2.13. The summed E-state index contributed by atoms with van der Waals surface area (Å²) in [5.41, 5.74) is 4.07. The summed E-state index contributed by atoms with van der Waals surface area (Å²) in [6.07, 6.45) is 0. The van der Waals surface area contributed by atoms with Gasteiger partial charge in [-0.15, -0.1) is 12.4 Å². The van der Waals surface area contributed by atoms with Gasteiger partial charge in [0.2, 0.25) is 0 Å². The first-order valence-corrected chi connectivity index (χ1v) is 9.11. The van der Waals surface area contributed by atoms with E-state index in [0.717, 1.165) is 27.8 Å². The average Bonchev–Trinajstić information content (AvgIpc) is 3.11. The molecule has 3 aromatic carbocycles. The van der Waals surface area contributed by atoms with Crippen LogP contribution in [0.3, 0.4) is 0 Å². The Morgan fingerprint density at radius 2 is 1.63 bits per heavy atom. The molecule has 0 bridgehead atoms. The first-order chi connectivity index (χ1) is 14.1. The van der Waals surface area contributed by atoms with E-state index in [1.54, 1.807) is 19.2 Å². The van der Waals surface area contributed by atoms with Crippen molar-refractivity contribution in [1.29, 1.82) is 0 Å². The van der Waals surface area contributed by atoms with Crippen molar-refractivity contribution < 1.29 is 13.9 Å². The third-order valence-corrected chi connectivity index (χ3v) is 4.55. The van der Waals surface area contributed by atoms with Crippen LogP contribution >= 0.6 is 12.4 Å². The minimum atomic E-state index is -0.273. The Balaban J connectivity index is 0.00000256. The van der Waals surface area contributed by atoms with E-state index in [0.29, 0.717) is 24.7 Å². The third kappa shape index (κ3) is 4.93. The molecule has 0 unspecified atom stereocenters. The van der Waals surface area contributed by atoms with Crippen LogP contribution in [0.1, 0.15) is 11.1 Å². The fourth-order valence-corrected chi connectivity index (χ4v) is 3.03. The van der Waals surface area contributed by atoms with Crippen molar-refractivity contribution in [1.82, 2.24) is 9.97 Å². The number of methoxy groups -OCH3 is 1. The summed E-state index contributed by atoms with van der Waals surface area (Å²) in [6, 6.07) is 17.5. The molecule has 0 spiro atoms. The lowest BCUT2D eigenvalue weighted by Crippen LogP contribution is -2.02. The highest BCUT2D eigenvalue weighted by Gasteiger charge is 2.07. The Kier molecular flexibility index (Phi) is 6.64. The van der Waals surface area contributed by atoms with Crippen molar-refractivity contribution in [3.63, 3.8) is 0 Å². The standard InChI is InChI=1S/C22H20FN3O3.ClH/c1-28-21-10-15(4-9-20(21)29-13-14-2-5-16(23)6-3-14)12-24-17-7-8-18-19(11-17)26-22(27)25-18;/h2-11,24H,12-13H2,1H3,(H2,25,26,27);1H. The van der Waals surface area contributed by atoms with E-state index in [-0.39, 0.29) is 23.9 Å². The van der Waals surface area contributed by atoms with Gasteiger partial charge in [0.15, 0.2) is 11.5 Å². The van der Waals surface area contributed by atoms with Crippen molar-refractivity contribution >= 4 is 29.1 Å². The monoisotopic (exact) mass is 429 g/mol. The highest BCUT2D eigenvalue weighted by Crippen LogP contribution is 2.29. The number of aromatic nitrogens is 2. The summed E-state index contributed by atoms with van der Waals surface area (Å²) >= 11 is 0. The zero-order valence-corrected chi connectivity index (χ0v) is 17.0. The summed E-state index contributed by atoms with van der Waals surface area (Å²) in [5.74, 6) is 0.967. The van der Waals surface area contributed by atoms with E-state index in [4.69, 9.17) is 9.47 Å². The van der Waals surface area contributed by atoms with Crippen LogP contribution in [0, 0.1) is 5.82 Å². The van der Waals surface area contributed by atoms with E-state index in [2.05, 4.69) is 15.3 Å². The van der Waals surface area contributed by atoms with Gasteiger partial charge in [-0.3, -0.25) is 0 Å². The number of fused-ring (bicyclic) bond motifs is 1. The molecule has 4 rings (SSSR count). The van der Waals surface area contributed by atoms with Crippen molar-refractivity contribution in [3.05, 3.63) is 88.1 Å². The van der Waals surface area contributed by atoms with Crippen LogP contribution < -0.4 is 20.5 Å². The first kappa shape index (κ1) is 21.3. The molecule has 30 heavy (non-hydrogen) atoms. The maximum Gasteiger partial charge on any atom is 0.323 e. The lowest BCUT2D eigenvalue weighted by atomic mass is 10.2. The molecule has 4 aromatic rings. The maximum atomic E-state index is 13.0. The molecule has 3 N–H and O–H groups in total. The number of hydrogen-bond acceptors (Lipinski definition) is 4. The predicted molar refractivity (Wildman–Crippen MR) is 117 cm³/mol. The van der Waals surface area contributed by atoms with Crippen molar-refractivity contribution in [2.24, 2.45) is 0 Å². The summed E-state index contributed by atoms with van der Waals surface area (Å²) in [7, 11) is 1.59. The zero-order chi connectivity index (χ0) is 20.2. The van der Waals surface area contributed by atoms with Gasteiger partial charge >= 0.3 is 5.69 Å². The molecular formula is C22H21ClFN3O3. The molecule has 0 amide bonds. The van der Waals surface area contributed by atoms with Crippen LogP contribution in [-0.2, 0) is 13.2 Å². The molecular weight excluding hydrogens is 409 g/mol. The molecule has 156 valence electrons. The SMILES string of the molecule is COc1cc(CNc2ccc3[nH]c(=O)[nH]c3c2)ccc1OCc1ccc(F)cc1.Cl. The van der Waals surface area contributed by atoms with Crippen LogP contribution in [0.4, 0.5) is 10.1 Å². The van der Waals surface area contributed by atoms with Crippen molar-refractivity contribution in [3.8, 4) is 11.5 Å². The maximum absolute atomic E-state index is 13.0. The third-order valence-electron chi connectivity index (χ3n) is 4.55. The molecule has 0 aliphatic rings. The van der Waals surface area contributed by atoms with E-state index in [1.165, 1.54) is 12.1 Å². The molecule has 1 aromatic heterocycles. The minimum Gasteiger partial charge on any atom is -0.493 e. The van der Waals surface area contributed by atoms with Gasteiger partial charge in [-0.05, 0) is 53.6 Å². The number of H-pyrrole nitrogens is 2. The number of hydrogen-bond donors (Lipinski definition) is 3. The number of rotatable bonds is 7. The van der Waals surface area contributed by atoms with Crippen LogP contribution in [-0.4, -0.2) is 17.1 Å². The number of halogens is 2. The average molecular weight is 430 g/mol. The van der Waals surface area contributed by atoms with Gasteiger partial charge < -0.3 is 24.8 Å². The Bertz CT molecular complexity index is 1190. The number of ether oxygens (including phenoxy) is 2. The quantitative estimate of drug-likeness (QED) is 0.400. The van der Waals surface area contributed by atoms with Gasteiger partial charge in [0, 0.05) is 12.2 Å². The molecule has 0 fully saturated rings. The largest absolute Gasteiger partial charge is 0.493 e. The number of anilines is 1. The smallest absolute Gasteiger partial charge is 0.323 e. The molecule has 0 atom stereocenters. The Hall–Kier alpha value is -3.45. The highest BCUT2D eigenvalue weighted by molar-refractivity contribution is 5.85. The van der Waals surface area contributed by atoms with E-state index >= 15 is 0 Å². The Labute approximate surface area is 178 Å². The number of aromatic amines is 2. The van der Waals surface area contributed by atoms with E-state index in [9.17, 15) is 9.18 Å². The molecule has 1 heterocycles. The second kappa shape index (κ2) is 9.37. The summed E-state index contributed by atoms with van der Waals surface area (Å²) in [4.78, 5) is 16.8. The van der Waals surface area contributed by atoms with Gasteiger partial charge in [0.1, 0.15) is 12.4 Å². The van der Waals surface area contributed by atoms with Crippen LogP contribution in [0.25, 0.3) is 11.0 Å². The summed E-state index contributed by atoms with van der Waals surface area (Å²) in [6.45, 7) is 0.901. The number of imidazole rings is 1. The second-order valence-corrected chi connectivity index (χ2v) is 6.59. The highest BCUT2D eigenvalue weighted by atomic mass is 35.5. The van der Waals surface area contributed by atoms with Gasteiger partial charge in [-0.1, -0.05) is 18.2 Å². The van der Waals surface area contributed by atoms with Crippen LogP contribution in [0.15, 0.2) is 65.5 Å². The van der Waals surface area contributed by atoms with E-state index < -0.39 is 0 Å². The van der Waals surface area contributed by atoms with Gasteiger partial charge in [-0.2, -0.15) is 0 Å². The second-order valence-electron chi connectivity index (χ2n) is 6.59. The minimum absolute atomic E-state index is 0. The number of benzene rings is 3. The summed E-state index contributed by atoms with van der Waals surface area (Å²) in [5, 5.41) is 3.33. The fraction of sp³-hybridized carbons (Fsp3) is 0.136. The Morgan fingerprint density at radius 3 is 2.40 bits per heavy atom. The molecule has 0 radical (unpaired) electrons. The fourth-order valence-electron chi connectivity index (χ4n) is 3.03. The lowest BCUT2D eigenvalue weighted by molar-refractivity contribution is 0.284. The van der Waals surface area contributed by atoms with Crippen LogP contribution in [0.5, 0.6) is 11.5 Å². The predicted octanol–water partition coefficient (Wildman–Crippen LogP) is 4.62. The molecule has 0 saturated heterocycles. The van der Waals surface area contributed by atoms with Gasteiger partial charge in [-0.25, -0.2) is 9.18 Å². The molecule has 0 aliphatic carbocycles. The normalized spacial score (nSPS) is 10.5. The molecule has 6 nitrogen and oxygen atoms in total. The first-order valence-electron chi connectivity index (χ1n) is 9.11. The number of nitrogens with one attached hydrogen (secondary N) is 3. The van der Waals surface area contributed by atoms with Crippen molar-refractivity contribution in [2.75, 3.05) is 12.4 Å². The van der Waals surface area contributed by atoms with Gasteiger partial charge in [0.25, 0.3) is 0 Å². The molecule has 8 heteroatoms. The zero-order valence-electron chi connectivity index (χ0n) is 16.2. The molecule has 0 aliphatic heterocycles. The Morgan fingerprint density at radius 1 is 0.900 bits per heavy atom. The topological polar surface area (TPSA) is 79.1 Å². The van der Waals surface area contributed by atoms with Gasteiger partial charge in [0.05, 0.1) is 18.1 Å². The molecule has 0 saturated carbocycles. The summed E-state index contributed by atoms with van der Waals surface area (Å²) < 4.78 is 24.3. The van der Waals surface area contributed by atoms with Crippen molar-refractivity contribution in [2.45, 2.75) is 13.2 Å². The van der Waals surface area contributed by atoms with Crippen LogP contribution in [0.2, 0.25) is 0 Å².